The highest BCUT2D eigenvalue weighted by molar-refractivity contribution is 5.52. The van der Waals surface area contributed by atoms with Gasteiger partial charge >= 0.3 is 0 Å². The molecule has 4 nitrogen and oxygen atoms in total. The van der Waals surface area contributed by atoms with E-state index in [-0.39, 0.29) is 11.4 Å². The van der Waals surface area contributed by atoms with Crippen molar-refractivity contribution in [3.8, 4) is 0 Å². The van der Waals surface area contributed by atoms with E-state index in [0.29, 0.717) is 6.54 Å². The molecule has 0 fully saturated rings. The Morgan fingerprint density at radius 3 is 2.76 bits per heavy atom. The summed E-state index contributed by atoms with van der Waals surface area (Å²) < 4.78 is 13.3. The molecular formula is C12H17FN2O2. The number of halogens is 1. The van der Waals surface area contributed by atoms with Gasteiger partial charge in [0.2, 0.25) is 0 Å². The van der Waals surface area contributed by atoms with Crippen LogP contribution in [0, 0.1) is 15.9 Å². The van der Waals surface area contributed by atoms with Gasteiger partial charge in [0, 0.05) is 18.7 Å². The number of nitrogens with one attached hydrogen (secondary N) is 1. The van der Waals surface area contributed by atoms with E-state index < -0.39 is 10.7 Å². The molecule has 0 aromatic heterocycles. The summed E-state index contributed by atoms with van der Waals surface area (Å²) in [6, 6.07) is 3.51. The first kappa shape index (κ1) is 13.4. The molecular weight excluding hydrogens is 223 g/mol. The zero-order valence-electron chi connectivity index (χ0n) is 9.91. The van der Waals surface area contributed by atoms with Crippen LogP contribution in [0.25, 0.3) is 0 Å². The molecule has 1 rings (SSSR count). The Morgan fingerprint density at radius 2 is 2.12 bits per heavy atom. The molecule has 0 saturated carbocycles. The fourth-order valence-corrected chi connectivity index (χ4v) is 1.54. The maximum atomic E-state index is 13.3. The summed E-state index contributed by atoms with van der Waals surface area (Å²) in [5.74, 6) is -0.453. The summed E-state index contributed by atoms with van der Waals surface area (Å²) in [5.41, 5.74) is 0.109. The molecule has 94 valence electrons. The van der Waals surface area contributed by atoms with E-state index in [1.54, 1.807) is 0 Å². The van der Waals surface area contributed by atoms with Gasteiger partial charge < -0.3 is 5.32 Å². The van der Waals surface area contributed by atoms with Crippen LogP contribution in [0.4, 0.5) is 15.8 Å². The van der Waals surface area contributed by atoms with Crippen molar-refractivity contribution in [3.63, 3.8) is 0 Å². The van der Waals surface area contributed by atoms with Gasteiger partial charge in [0.1, 0.15) is 5.82 Å². The third-order valence-corrected chi connectivity index (χ3v) is 2.51. The molecule has 0 saturated heterocycles. The van der Waals surface area contributed by atoms with Crippen LogP contribution in [-0.2, 0) is 0 Å². The largest absolute Gasteiger partial charge is 0.382 e. The molecule has 0 radical (unpaired) electrons. The predicted molar refractivity (Wildman–Crippen MR) is 65.7 cm³/mol. The highest BCUT2D eigenvalue weighted by Gasteiger charge is 2.09. The van der Waals surface area contributed by atoms with Crippen molar-refractivity contribution in [2.45, 2.75) is 32.6 Å². The lowest BCUT2D eigenvalue weighted by Gasteiger charge is -2.06. The van der Waals surface area contributed by atoms with Gasteiger partial charge in [-0.3, -0.25) is 10.1 Å². The first-order valence-corrected chi connectivity index (χ1v) is 5.83. The Balaban J connectivity index is 2.51. The van der Waals surface area contributed by atoms with E-state index in [1.165, 1.54) is 6.07 Å². The van der Waals surface area contributed by atoms with Gasteiger partial charge in [-0.15, -0.1) is 0 Å². The lowest BCUT2D eigenvalue weighted by atomic mass is 10.2. The number of hydrogen-bond donors (Lipinski definition) is 1. The minimum Gasteiger partial charge on any atom is -0.382 e. The first-order valence-electron chi connectivity index (χ1n) is 5.83. The third-order valence-electron chi connectivity index (χ3n) is 2.51. The van der Waals surface area contributed by atoms with Crippen LogP contribution in [0.5, 0.6) is 0 Å². The smallest absolute Gasteiger partial charge is 0.271 e. The fraction of sp³-hybridized carbons (Fsp3) is 0.500. The Labute approximate surface area is 100.0 Å². The summed E-state index contributed by atoms with van der Waals surface area (Å²) in [6.45, 7) is 2.76. The molecule has 0 amide bonds. The molecule has 1 N–H and O–H groups in total. The molecule has 0 aliphatic rings. The minimum atomic E-state index is -0.526. The Hall–Kier alpha value is -1.65. The first-order chi connectivity index (χ1) is 8.15. The van der Waals surface area contributed by atoms with E-state index in [2.05, 4.69) is 12.2 Å². The Kier molecular flexibility index (Phi) is 5.39. The maximum Gasteiger partial charge on any atom is 0.271 e. The van der Waals surface area contributed by atoms with E-state index in [9.17, 15) is 14.5 Å². The zero-order chi connectivity index (χ0) is 12.7. The normalized spacial score (nSPS) is 10.2. The average Bonchev–Trinajstić information content (AvgIpc) is 2.30. The molecule has 0 heterocycles. The van der Waals surface area contributed by atoms with Crippen molar-refractivity contribution in [1.29, 1.82) is 0 Å². The highest BCUT2D eigenvalue weighted by Crippen LogP contribution is 2.21. The van der Waals surface area contributed by atoms with Crippen LogP contribution in [0.15, 0.2) is 18.2 Å². The van der Waals surface area contributed by atoms with Crippen LogP contribution < -0.4 is 5.32 Å². The number of nitro groups is 1. The van der Waals surface area contributed by atoms with Gasteiger partial charge in [0.15, 0.2) is 0 Å². The van der Waals surface area contributed by atoms with Crippen molar-refractivity contribution < 1.29 is 9.31 Å². The van der Waals surface area contributed by atoms with Crippen molar-refractivity contribution in [2.75, 3.05) is 11.9 Å². The number of nitro benzene ring substituents is 1. The standard InChI is InChI=1S/C12H17FN2O2/c1-2-3-4-5-8-14-12-9-10(15(16)17)6-7-11(12)13/h6-7,9,14H,2-5,8H2,1H3. The summed E-state index contributed by atoms with van der Waals surface area (Å²) in [7, 11) is 0. The van der Waals surface area contributed by atoms with Crippen LogP contribution >= 0.6 is 0 Å². The quantitative estimate of drug-likeness (QED) is 0.449. The molecule has 0 spiro atoms. The average molecular weight is 240 g/mol. The van der Waals surface area contributed by atoms with Gasteiger partial charge in [-0.25, -0.2) is 4.39 Å². The zero-order valence-corrected chi connectivity index (χ0v) is 9.91. The second-order valence-corrected chi connectivity index (χ2v) is 3.91. The van der Waals surface area contributed by atoms with E-state index in [1.807, 2.05) is 0 Å². The second-order valence-electron chi connectivity index (χ2n) is 3.91. The van der Waals surface area contributed by atoms with Crippen molar-refractivity contribution in [2.24, 2.45) is 0 Å². The van der Waals surface area contributed by atoms with Gasteiger partial charge in [0.25, 0.3) is 5.69 Å². The summed E-state index contributed by atoms with van der Waals surface area (Å²) in [6.07, 6.45) is 4.32. The number of anilines is 1. The highest BCUT2D eigenvalue weighted by atomic mass is 19.1. The second kappa shape index (κ2) is 6.83. The Bertz CT molecular complexity index is 383. The minimum absolute atomic E-state index is 0.0949. The van der Waals surface area contributed by atoms with Gasteiger partial charge in [-0.2, -0.15) is 0 Å². The molecule has 0 aliphatic heterocycles. The lowest BCUT2D eigenvalue weighted by Crippen LogP contribution is -2.04. The number of rotatable bonds is 7. The van der Waals surface area contributed by atoms with Crippen LogP contribution in [0.2, 0.25) is 0 Å². The molecule has 5 heteroatoms. The number of benzene rings is 1. The summed E-state index contributed by atoms with van der Waals surface area (Å²) in [5, 5.41) is 13.4. The van der Waals surface area contributed by atoms with Gasteiger partial charge in [-0.05, 0) is 12.5 Å². The van der Waals surface area contributed by atoms with E-state index >= 15 is 0 Å². The third kappa shape index (κ3) is 4.38. The van der Waals surface area contributed by atoms with E-state index in [4.69, 9.17) is 0 Å². The van der Waals surface area contributed by atoms with Crippen LogP contribution in [-0.4, -0.2) is 11.5 Å². The molecule has 0 unspecified atom stereocenters. The van der Waals surface area contributed by atoms with Crippen LogP contribution in [0.3, 0.4) is 0 Å². The van der Waals surface area contributed by atoms with Gasteiger partial charge in [-0.1, -0.05) is 26.2 Å². The van der Waals surface area contributed by atoms with Crippen molar-refractivity contribution in [3.05, 3.63) is 34.1 Å². The molecule has 0 atom stereocenters. The maximum absolute atomic E-state index is 13.3. The van der Waals surface area contributed by atoms with E-state index in [0.717, 1.165) is 37.8 Å². The fourth-order valence-electron chi connectivity index (χ4n) is 1.54. The van der Waals surface area contributed by atoms with Gasteiger partial charge in [0.05, 0.1) is 10.6 Å². The molecule has 1 aromatic rings. The molecule has 0 aliphatic carbocycles. The lowest BCUT2D eigenvalue weighted by molar-refractivity contribution is -0.384. The van der Waals surface area contributed by atoms with Crippen molar-refractivity contribution >= 4 is 11.4 Å². The number of unbranched alkanes of at least 4 members (excludes halogenated alkanes) is 3. The van der Waals surface area contributed by atoms with Crippen LogP contribution in [0.1, 0.15) is 32.6 Å². The predicted octanol–water partition coefficient (Wildman–Crippen LogP) is 3.73. The number of hydrogen-bond acceptors (Lipinski definition) is 3. The topological polar surface area (TPSA) is 55.2 Å². The summed E-state index contributed by atoms with van der Waals surface area (Å²) >= 11 is 0. The number of non-ortho nitro benzene ring substituents is 1. The molecule has 17 heavy (non-hydrogen) atoms. The van der Waals surface area contributed by atoms with Crippen molar-refractivity contribution in [1.82, 2.24) is 0 Å². The SMILES string of the molecule is CCCCCCNc1cc([N+](=O)[O-])ccc1F. The molecule has 1 aromatic carbocycles. The monoisotopic (exact) mass is 240 g/mol. The molecule has 0 bridgehead atoms. The number of nitrogens with zero attached hydrogens (tertiary/aromatic N) is 1. The Morgan fingerprint density at radius 1 is 1.35 bits per heavy atom. The summed E-state index contributed by atoms with van der Waals surface area (Å²) in [4.78, 5) is 10.0.